The van der Waals surface area contributed by atoms with E-state index in [9.17, 15) is 0 Å². The number of rotatable bonds is 6. The van der Waals surface area contributed by atoms with E-state index in [1.165, 1.54) is 11.1 Å². The van der Waals surface area contributed by atoms with Crippen molar-refractivity contribution in [3.63, 3.8) is 0 Å². The largest absolute Gasteiger partial charge is 0.496 e. The first-order valence-electron chi connectivity index (χ1n) is 9.57. The van der Waals surface area contributed by atoms with E-state index >= 15 is 0 Å². The molecular weight excluding hydrogens is 338 g/mol. The number of aromatic nitrogens is 3. The van der Waals surface area contributed by atoms with Gasteiger partial charge in [-0.3, -0.25) is 4.90 Å². The molecule has 1 atom stereocenters. The van der Waals surface area contributed by atoms with Crippen molar-refractivity contribution in [3.8, 4) is 5.75 Å². The van der Waals surface area contributed by atoms with Crippen LogP contribution in [0.15, 0.2) is 36.5 Å². The third kappa shape index (κ3) is 3.42. The zero-order chi connectivity index (χ0) is 18.8. The van der Waals surface area contributed by atoms with Gasteiger partial charge in [-0.15, -0.1) is 0 Å². The molecule has 2 N–H and O–H groups in total. The number of para-hydroxylation sites is 1. The molecule has 1 aromatic carbocycles. The SMILES string of the molecule is COc1c(C)cccc1CN1CC[C@H](c2nn(CCN)c3ncccc23)C1. The topological polar surface area (TPSA) is 69.2 Å². The summed E-state index contributed by atoms with van der Waals surface area (Å²) < 4.78 is 7.58. The molecule has 0 spiro atoms. The van der Waals surface area contributed by atoms with Crippen molar-refractivity contribution in [3.05, 3.63) is 53.3 Å². The molecule has 1 fully saturated rings. The maximum absolute atomic E-state index is 5.75. The predicted octanol–water partition coefficient (Wildman–Crippen LogP) is 2.70. The van der Waals surface area contributed by atoms with Crippen molar-refractivity contribution in [2.24, 2.45) is 5.73 Å². The van der Waals surface area contributed by atoms with E-state index in [2.05, 4.69) is 41.1 Å². The summed E-state index contributed by atoms with van der Waals surface area (Å²) in [5, 5.41) is 6.03. The van der Waals surface area contributed by atoms with Gasteiger partial charge in [0, 0.05) is 42.7 Å². The minimum Gasteiger partial charge on any atom is -0.496 e. The van der Waals surface area contributed by atoms with Crippen molar-refractivity contribution in [1.82, 2.24) is 19.7 Å². The molecule has 4 rings (SSSR count). The van der Waals surface area contributed by atoms with Gasteiger partial charge in [0.05, 0.1) is 19.3 Å². The number of nitrogens with two attached hydrogens (primary N) is 1. The van der Waals surface area contributed by atoms with Crippen LogP contribution < -0.4 is 10.5 Å². The summed E-state index contributed by atoms with van der Waals surface area (Å²) in [5.74, 6) is 1.43. The molecule has 0 bridgehead atoms. The van der Waals surface area contributed by atoms with E-state index < -0.39 is 0 Å². The molecule has 0 aliphatic carbocycles. The van der Waals surface area contributed by atoms with E-state index in [1.54, 1.807) is 7.11 Å². The molecule has 6 nitrogen and oxygen atoms in total. The van der Waals surface area contributed by atoms with Gasteiger partial charge in [-0.2, -0.15) is 5.10 Å². The molecule has 1 saturated heterocycles. The Morgan fingerprint density at radius 2 is 2.15 bits per heavy atom. The molecule has 142 valence electrons. The maximum Gasteiger partial charge on any atom is 0.158 e. The quantitative estimate of drug-likeness (QED) is 0.727. The van der Waals surface area contributed by atoms with Gasteiger partial charge in [-0.25, -0.2) is 9.67 Å². The van der Waals surface area contributed by atoms with Gasteiger partial charge in [0.2, 0.25) is 0 Å². The number of methoxy groups -OCH3 is 1. The number of aryl methyl sites for hydroxylation is 1. The van der Waals surface area contributed by atoms with E-state index in [1.807, 2.05) is 16.9 Å². The van der Waals surface area contributed by atoms with Crippen molar-refractivity contribution < 1.29 is 4.74 Å². The first kappa shape index (κ1) is 17.9. The number of hydrogen-bond acceptors (Lipinski definition) is 5. The first-order valence-corrected chi connectivity index (χ1v) is 9.57. The predicted molar refractivity (Wildman–Crippen MR) is 107 cm³/mol. The number of likely N-dealkylation sites (tertiary alicyclic amines) is 1. The van der Waals surface area contributed by atoms with Gasteiger partial charge in [0.25, 0.3) is 0 Å². The highest BCUT2D eigenvalue weighted by Gasteiger charge is 2.28. The lowest BCUT2D eigenvalue weighted by molar-refractivity contribution is 0.316. The van der Waals surface area contributed by atoms with E-state index in [0.717, 1.165) is 48.5 Å². The Morgan fingerprint density at radius 3 is 2.96 bits per heavy atom. The van der Waals surface area contributed by atoms with E-state index in [4.69, 9.17) is 15.6 Å². The van der Waals surface area contributed by atoms with Gasteiger partial charge in [-0.05, 0) is 37.6 Å². The second-order valence-corrected chi connectivity index (χ2v) is 7.26. The average Bonchev–Trinajstić information content (AvgIpc) is 3.27. The second kappa shape index (κ2) is 7.66. The molecule has 0 unspecified atom stereocenters. The van der Waals surface area contributed by atoms with Crippen LogP contribution in [0.1, 0.15) is 29.2 Å². The Balaban J connectivity index is 1.55. The Kier molecular flexibility index (Phi) is 5.09. The van der Waals surface area contributed by atoms with Crippen LogP contribution in [0.4, 0.5) is 0 Å². The lowest BCUT2D eigenvalue weighted by Gasteiger charge is -2.18. The number of pyridine rings is 1. The molecule has 3 aromatic rings. The highest BCUT2D eigenvalue weighted by molar-refractivity contribution is 5.78. The maximum atomic E-state index is 5.75. The Hall–Kier alpha value is -2.44. The summed E-state index contributed by atoms with van der Waals surface area (Å²) >= 11 is 0. The molecule has 0 amide bonds. The van der Waals surface area contributed by atoms with Gasteiger partial charge in [0.1, 0.15) is 5.75 Å². The summed E-state index contributed by atoms with van der Waals surface area (Å²) in [6, 6.07) is 10.5. The van der Waals surface area contributed by atoms with E-state index in [-0.39, 0.29) is 0 Å². The molecule has 6 heteroatoms. The van der Waals surface area contributed by atoms with Crippen LogP contribution in [0.5, 0.6) is 5.75 Å². The van der Waals surface area contributed by atoms with Crippen LogP contribution in [0.2, 0.25) is 0 Å². The zero-order valence-corrected chi connectivity index (χ0v) is 16.1. The summed E-state index contributed by atoms with van der Waals surface area (Å²) in [5.41, 5.74) is 10.3. The molecular formula is C21H27N5O. The fourth-order valence-corrected chi connectivity index (χ4v) is 4.18. The average molecular weight is 365 g/mol. The van der Waals surface area contributed by atoms with Crippen LogP contribution in [-0.2, 0) is 13.1 Å². The first-order chi connectivity index (χ1) is 13.2. The number of fused-ring (bicyclic) bond motifs is 1. The molecule has 3 heterocycles. The van der Waals surface area contributed by atoms with Crippen LogP contribution in [0, 0.1) is 6.92 Å². The third-order valence-electron chi connectivity index (χ3n) is 5.43. The van der Waals surface area contributed by atoms with Crippen LogP contribution in [0.3, 0.4) is 0 Å². The van der Waals surface area contributed by atoms with Gasteiger partial charge < -0.3 is 10.5 Å². The lowest BCUT2D eigenvalue weighted by Crippen LogP contribution is -2.20. The monoisotopic (exact) mass is 365 g/mol. The molecule has 1 aliphatic rings. The van der Waals surface area contributed by atoms with Gasteiger partial charge >= 0.3 is 0 Å². The number of nitrogens with zero attached hydrogens (tertiary/aromatic N) is 4. The Labute approximate surface area is 159 Å². The minimum absolute atomic E-state index is 0.423. The summed E-state index contributed by atoms with van der Waals surface area (Å²) in [7, 11) is 1.75. The van der Waals surface area contributed by atoms with Crippen molar-refractivity contribution in [2.45, 2.75) is 32.4 Å². The summed E-state index contributed by atoms with van der Waals surface area (Å²) in [6.45, 7) is 6.33. The Bertz CT molecular complexity index is 935. The van der Waals surface area contributed by atoms with Crippen LogP contribution in [0.25, 0.3) is 11.0 Å². The Morgan fingerprint density at radius 1 is 1.26 bits per heavy atom. The molecule has 0 saturated carbocycles. The standard InChI is InChI=1S/C21H27N5O/c1-15-5-3-6-17(20(15)27-2)14-25-11-8-16(13-25)19-18-7-4-10-23-21(18)26(24-19)12-9-22/h3-7,10,16H,8-9,11-14,22H2,1-2H3/t16-/m0/s1. The number of benzene rings is 1. The highest BCUT2D eigenvalue weighted by Crippen LogP contribution is 2.33. The van der Waals surface area contributed by atoms with Crippen LogP contribution in [-0.4, -0.2) is 46.4 Å². The van der Waals surface area contributed by atoms with Crippen molar-refractivity contribution in [2.75, 3.05) is 26.7 Å². The normalized spacial score (nSPS) is 17.7. The molecule has 2 aromatic heterocycles. The number of ether oxygens (including phenoxy) is 1. The van der Waals surface area contributed by atoms with Crippen LogP contribution >= 0.6 is 0 Å². The fraction of sp³-hybridized carbons (Fsp3) is 0.429. The smallest absolute Gasteiger partial charge is 0.158 e. The number of hydrogen-bond donors (Lipinski definition) is 1. The lowest BCUT2D eigenvalue weighted by atomic mass is 10.0. The highest BCUT2D eigenvalue weighted by atomic mass is 16.5. The minimum atomic E-state index is 0.423. The summed E-state index contributed by atoms with van der Waals surface area (Å²) in [4.78, 5) is 7.02. The van der Waals surface area contributed by atoms with Crippen molar-refractivity contribution in [1.29, 1.82) is 0 Å². The fourth-order valence-electron chi connectivity index (χ4n) is 4.18. The van der Waals surface area contributed by atoms with Crippen molar-refractivity contribution >= 4 is 11.0 Å². The summed E-state index contributed by atoms with van der Waals surface area (Å²) in [6.07, 6.45) is 2.93. The van der Waals surface area contributed by atoms with E-state index in [0.29, 0.717) is 19.0 Å². The molecule has 1 aliphatic heterocycles. The third-order valence-corrected chi connectivity index (χ3v) is 5.43. The molecule has 0 radical (unpaired) electrons. The second-order valence-electron chi connectivity index (χ2n) is 7.26. The van der Waals surface area contributed by atoms with Gasteiger partial charge in [-0.1, -0.05) is 18.2 Å². The molecule has 27 heavy (non-hydrogen) atoms. The van der Waals surface area contributed by atoms with Gasteiger partial charge in [0.15, 0.2) is 5.65 Å². The zero-order valence-electron chi connectivity index (χ0n) is 16.1.